The van der Waals surface area contributed by atoms with E-state index in [9.17, 15) is 23.1 Å². The topological polar surface area (TPSA) is 70.4 Å². The van der Waals surface area contributed by atoms with Crippen LogP contribution >= 0.6 is 0 Å². The van der Waals surface area contributed by atoms with Gasteiger partial charge in [-0.1, -0.05) is 6.58 Å². The minimum absolute atomic E-state index is 0.109. The number of anilines is 1. The molecule has 2 heterocycles. The van der Waals surface area contributed by atoms with Gasteiger partial charge in [0.25, 0.3) is 5.91 Å². The molecule has 150 valence electrons. The van der Waals surface area contributed by atoms with Crippen LogP contribution in [0.25, 0.3) is 0 Å². The molecule has 0 unspecified atom stereocenters. The lowest BCUT2D eigenvalue weighted by atomic mass is 9.99. The Balaban J connectivity index is 1.83. The zero-order valence-corrected chi connectivity index (χ0v) is 15.3. The van der Waals surface area contributed by atoms with Crippen LogP contribution in [-0.2, 0) is 13.0 Å². The van der Waals surface area contributed by atoms with Crippen LogP contribution in [0.1, 0.15) is 28.8 Å². The number of halogens is 3. The molecule has 0 bridgehead atoms. The average Bonchev–Trinajstić information content (AvgIpc) is 3.06. The number of hydrogen-bond acceptors (Lipinski definition) is 4. The number of carbonyl (C=O) groups is 1. The van der Waals surface area contributed by atoms with Gasteiger partial charge in [-0.05, 0) is 31.0 Å². The number of rotatable bonds is 5. The standard InChI is InChI=1S/C19H21F3N4O2/c1-12(26-7-5-15(27)6-8-26)19(21,22)16-9-13(3-4-17(16)20)18(28)24-14-10-23-25(2)11-14/h3-4,9-11,15,27H,1,5-8H2,2H3,(H,24,28). The van der Waals surface area contributed by atoms with Crippen molar-refractivity contribution in [1.29, 1.82) is 0 Å². The Labute approximate surface area is 160 Å². The van der Waals surface area contributed by atoms with Gasteiger partial charge in [0.15, 0.2) is 0 Å². The molecule has 2 aromatic rings. The largest absolute Gasteiger partial charge is 0.393 e. The summed E-state index contributed by atoms with van der Waals surface area (Å²) in [6, 6.07) is 2.82. The summed E-state index contributed by atoms with van der Waals surface area (Å²) in [7, 11) is 1.66. The van der Waals surface area contributed by atoms with Crippen molar-refractivity contribution in [2.24, 2.45) is 7.05 Å². The number of aliphatic hydroxyl groups excluding tert-OH is 1. The number of likely N-dealkylation sites (tertiary alicyclic amines) is 1. The number of hydrogen-bond donors (Lipinski definition) is 2. The second-order valence-electron chi connectivity index (χ2n) is 6.79. The first-order chi connectivity index (χ1) is 13.2. The predicted octanol–water partition coefficient (Wildman–Crippen LogP) is 2.87. The highest BCUT2D eigenvalue weighted by molar-refractivity contribution is 6.04. The highest BCUT2D eigenvalue weighted by Crippen LogP contribution is 2.39. The van der Waals surface area contributed by atoms with Crippen molar-refractivity contribution in [3.63, 3.8) is 0 Å². The molecule has 0 spiro atoms. The number of aromatic nitrogens is 2. The molecule has 1 fully saturated rings. The molecule has 1 aliphatic heterocycles. The van der Waals surface area contributed by atoms with Crippen molar-refractivity contribution in [1.82, 2.24) is 14.7 Å². The molecule has 9 heteroatoms. The van der Waals surface area contributed by atoms with Crippen molar-refractivity contribution >= 4 is 11.6 Å². The van der Waals surface area contributed by atoms with Gasteiger partial charge in [0.2, 0.25) is 0 Å². The highest BCUT2D eigenvalue weighted by atomic mass is 19.3. The van der Waals surface area contributed by atoms with Crippen LogP contribution in [-0.4, -0.2) is 44.9 Å². The molecule has 1 aliphatic rings. The van der Waals surface area contributed by atoms with Gasteiger partial charge in [-0.3, -0.25) is 9.48 Å². The van der Waals surface area contributed by atoms with Crippen LogP contribution in [0.15, 0.2) is 42.9 Å². The molecule has 1 aromatic heterocycles. The van der Waals surface area contributed by atoms with E-state index in [1.807, 2.05) is 0 Å². The Morgan fingerprint density at radius 3 is 2.64 bits per heavy atom. The fraction of sp³-hybridized carbons (Fsp3) is 0.368. The average molecular weight is 394 g/mol. The number of carbonyl (C=O) groups excluding carboxylic acids is 1. The van der Waals surface area contributed by atoms with Crippen LogP contribution in [0.2, 0.25) is 0 Å². The molecule has 0 aliphatic carbocycles. The van der Waals surface area contributed by atoms with Crippen LogP contribution in [0.4, 0.5) is 18.9 Å². The molecule has 0 atom stereocenters. The molecule has 2 N–H and O–H groups in total. The monoisotopic (exact) mass is 394 g/mol. The molecule has 0 saturated carbocycles. The first kappa shape index (κ1) is 19.9. The summed E-state index contributed by atoms with van der Waals surface area (Å²) >= 11 is 0. The molecule has 3 rings (SSSR count). The van der Waals surface area contributed by atoms with Gasteiger partial charge in [0.1, 0.15) is 5.82 Å². The number of aryl methyl sites for hydroxylation is 1. The second kappa shape index (κ2) is 7.67. The number of aliphatic hydroxyl groups is 1. The third kappa shape index (κ3) is 4.04. The minimum atomic E-state index is -3.70. The van der Waals surface area contributed by atoms with Crippen LogP contribution in [0, 0.1) is 5.82 Å². The van der Waals surface area contributed by atoms with E-state index in [4.69, 9.17) is 0 Å². The predicted molar refractivity (Wildman–Crippen MR) is 97.4 cm³/mol. The zero-order chi connectivity index (χ0) is 20.5. The van der Waals surface area contributed by atoms with E-state index < -0.39 is 35.0 Å². The Morgan fingerprint density at radius 2 is 2.04 bits per heavy atom. The first-order valence-electron chi connectivity index (χ1n) is 8.78. The van der Waals surface area contributed by atoms with Gasteiger partial charge < -0.3 is 15.3 Å². The quantitative estimate of drug-likeness (QED) is 0.818. The Hall–Kier alpha value is -2.81. The zero-order valence-electron chi connectivity index (χ0n) is 15.3. The summed E-state index contributed by atoms with van der Waals surface area (Å²) < 4.78 is 45.6. The van der Waals surface area contributed by atoms with E-state index in [0.717, 1.165) is 18.2 Å². The van der Waals surface area contributed by atoms with E-state index in [1.54, 1.807) is 13.2 Å². The van der Waals surface area contributed by atoms with Gasteiger partial charge in [0.05, 0.1) is 29.2 Å². The highest BCUT2D eigenvalue weighted by Gasteiger charge is 2.41. The number of amides is 1. The van der Waals surface area contributed by atoms with Crippen molar-refractivity contribution in [3.05, 3.63) is 59.8 Å². The third-order valence-electron chi connectivity index (χ3n) is 4.74. The number of benzene rings is 1. The first-order valence-corrected chi connectivity index (χ1v) is 8.78. The van der Waals surface area contributed by atoms with Crippen molar-refractivity contribution in [3.8, 4) is 0 Å². The molecular weight excluding hydrogens is 373 g/mol. The summed E-state index contributed by atoms with van der Waals surface area (Å²) in [6.45, 7) is 3.87. The van der Waals surface area contributed by atoms with E-state index in [1.165, 1.54) is 15.8 Å². The van der Waals surface area contributed by atoms with Gasteiger partial charge >= 0.3 is 5.92 Å². The minimum Gasteiger partial charge on any atom is -0.393 e. The fourth-order valence-electron chi connectivity index (χ4n) is 3.09. The van der Waals surface area contributed by atoms with Gasteiger partial charge in [-0.25, -0.2) is 4.39 Å². The van der Waals surface area contributed by atoms with Gasteiger partial charge in [-0.2, -0.15) is 13.9 Å². The third-order valence-corrected chi connectivity index (χ3v) is 4.74. The molecule has 6 nitrogen and oxygen atoms in total. The van der Waals surface area contributed by atoms with Gasteiger partial charge in [-0.15, -0.1) is 0 Å². The van der Waals surface area contributed by atoms with E-state index >= 15 is 0 Å². The molecule has 1 saturated heterocycles. The maximum absolute atomic E-state index is 15.0. The van der Waals surface area contributed by atoms with Crippen LogP contribution in [0.5, 0.6) is 0 Å². The van der Waals surface area contributed by atoms with Crippen LogP contribution < -0.4 is 5.32 Å². The lowest BCUT2D eigenvalue weighted by Gasteiger charge is -2.36. The second-order valence-corrected chi connectivity index (χ2v) is 6.79. The van der Waals surface area contributed by atoms with E-state index in [0.29, 0.717) is 18.5 Å². The maximum atomic E-state index is 15.0. The summed E-state index contributed by atoms with van der Waals surface area (Å²) in [4.78, 5) is 13.7. The molecule has 28 heavy (non-hydrogen) atoms. The van der Waals surface area contributed by atoms with Crippen molar-refractivity contribution in [2.45, 2.75) is 24.9 Å². The molecule has 0 radical (unpaired) electrons. The number of piperidine rings is 1. The number of nitrogens with zero attached hydrogens (tertiary/aromatic N) is 3. The lowest BCUT2D eigenvalue weighted by Crippen LogP contribution is -2.40. The molecule has 1 amide bonds. The number of nitrogens with one attached hydrogen (secondary N) is 1. The summed E-state index contributed by atoms with van der Waals surface area (Å²) in [5.41, 5.74) is -1.19. The van der Waals surface area contributed by atoms with Crippen molar-refractivity contribution in [2.75, 3.05) is 18.4 Å². The van der Waals surface area contributed by atoms with Crippen molar-refractivity contribution < 1.29 is 23.1 Å². The molecular formula is C19H21F3N4O2. The summed E-state index contributed by atoms with van der Waals surface area (Å²) in [5, 5.41) is 16.0. The van der Waals surface area contributed by atoms with E-state index in [2.05, 4.69) is 17.0 Å². The fourth-order valence-corrected chi connectivity index (χ4v) is 3.09. The number of alkyl halides is 2. The normalized spacial score (nSPS) is 15.5. The Kier molecular flexibility index (Phi) is 5.46. The summed E-state index contributed by atoms with van der Waals surface area (Å²) in [5.74, 6) is -5.48. The summed E-state index contributed by atoms with van der Waals surface area (Å²) in [6.07, 6.45) is 3.09. The lowest BCUT2D eigenvalue weighted by molar-refractivity contribution is -0.00882. The Bertz CT molecular complexity index is 889. The Morgan fingerprint density at radius 1 is 1.36 bits per heavy atom. The van der Waals surface area contributed by atoms with Crippen LogP contribution in [0.3, 0.4) is 0 Å². The molecule has 1 aromatic carbocycles. The van der Waals surface area contributed by atoms with Gasteiger partial charge in [0, 0.05) is 31.9 Å². The smallest absolute Gasteiger partial charge is 0.314 e. The maximum Gasteiger partial charge on any atom is 0.314 e. The van der Waals surface area contributed by atoms with E-state index in [-0.39, 0.29) is 18.7 Å². The SMILES string of the molecule is C=C(N1CCC(O)CC1)C(F)(F)c1cc(C(=O)Nc2cnn(C)c2)ccc1F. The number of allylic oxidation sites excluding steroid dienone is 1.